The molecule has 0 N–H and O–H groups in total. The maximum atomic E-state index is 5.23. The third-order valence-electron chi connectivity index (χ3n) is 2.69. The molecule has 2 aliphatic rings. The molecule has 2 aromatic carbocycles. The number of alkyl halides is 1. The van der Waals surface area contributed by atoms with Gasteiger partial charge in [-0.25, -0.2) is 0 Å². The Morgan fingerprint density at radius 3 is 2.26 bits per heavy atom. The van der Waals surface area contributed by atoms with Gasteiger partial charge in [0, 0.05) is 17.1 Å². The summed E-state index contributed by atoms with van der Waals surface area (Å²) in [5.74, 6) is 0.955. The average molecular weight is 386 g/mol. The van der Waals surface area contributed by atoms with Gasteiger partial charge in [0.25, 0.3) is 0 Å². The van der Waals surface area contributed by atoms with E-state index < -0.39 is 0 Å². The topological polar surface area (TPSA) is 18.5 Å². The number of hydrogen-bond acceptors (Lipinski definition) is 2. The summed E-state index contributed by atoms with van der Waals surface area (Å²) in [6.07, 6.45) is 0. The highest BCUT2D eigenvalue weighted by molar-refractivity contribution is 9.10. The zero-order chi connectivity index (χ0) is 13.7. The Balaban J connectivity index is 0.000000141. The molecule has 0 fully saturated rings. The van der Waals surface area contributed by atoms with Crippen molar-refractivity contribution in [2.75, 3.05) is 7.11 Å². The first-order valence-corrected chi connectivity index (χ1v) is 7.54. The summed E-state index contributed by atoms with van der Waals surface area (Å²) in [6, 6.07) is 16.0. The van der Waals surface area contributed by atoms with Crippen LogP contribution in [-0.4, -0.2) is 7.11 Å². The fraction of sp³-hybridized carbons (Fsp3) is 0.200. The highest BCUT2D eigenvalue weighted by atomic mass is 79.9. The highest BCUT2D eigenvalue weighted by Crippen LogP contribution is 2.28. The molecule has 4 rings (SSSR count). The van der Waals surface area contributed by atoms with E-state index in [4.69, 9.17) is 9.47 Å². The number of fused-ring (bicyclic) bond motifs is 3. The van der Waals surface area contributed by atoms with E-state index >= 15 is 0 Å². The van der Waals surface area contributed by atoms with Crippen LogP contribution >= 0.6 is 31.9 Å². The Labute approximate surface area is 130 Å². The van der Waals surface area contributed by atoms with E-state index in [0.717, 1.165) is 22.4 Å². The number of rotatable bonds is 2. The molecular weight excluding hydrogens is 372 g/mol. The first-order chi connectivity index (χ1) is 9.20. The number of ether oxygens (including phenoxy) is 2. The van der Waals surface area contributed by atoms with Gasteiger partial charge in [-0.15, -0.1) is 0 Å². The number of hydrogen-bond donors (Lipinski definition) is 0. The minimum atomic E-state index is 0.0219. The molecule has 0 saturated carbocycles. The first-order valence-electron chi connectivity index (χ1n) is 5.83. The van der Waals surface area contributed by atoms with E-state index in [9.17, 15) is 0 Å². The minimum absolute atomic E-state index is 0.0219. The molecule has 100 valence electrons. The van der Waals surface area contributed by atoms with Crippen LogP contribution in [0.2, 0.25) is 0 Å². The lowest BCUT2D eigenvalue weighted by Gasteiger charge is -2.14. The fourth-order valence-corrected chi connectivity index (χ4v) is 2.41. The average Bonchev–Trinajstić information content (AvgIpc) is 2.49. The molecule has 2 nitrogen and oxygen atoms in total. The third-order valence-corrected chi connectivity index (χ3v) is 4.33. The Morgan fingerprint density at radius 1 is 1.16 bits per heavy atom. The van der Waals surface area contributed by atoms with Crippen molar-refractivity contribution in [3.8, 4) is 5.75 Å². The van der Waals surface area contributed by atoms with Crippen LogP contribution in [0.4, 0.5) is 0 Å². The summed E-state index contributed by atoms with van der Waals surface area (Å²) in [6.45, 7) is 0.725. The van der Waals surface area contributed by atoms with Gasteiger partial charge in [-0.05, 0) is 17.7 Å². The molecule has 19 heavy (non-hydrogen) atoms. The van der Waals surface area contributed by atoms with Crippen molar-refractivity contribution in [1.82, 2.24) is 0 Å². The van der Waals surface area contributed by atoms with Crippen LogP contribution in [-0.2, 0) is 11.3 Å². The lowest BCUT2D eigenvalue weighted by molar-refractivity contribution is 0.181. The van der Waals surface area contributed by atoms with Crippen molar-refractivity contribution in [2.24, 2.45) is 0 Å². The second-order valence-corrected chi connectivity index (χ2v) is 5.69. The van der Waals surface area contributed by atoms with Crippen LogP contribution in [0.25, 0.3) is 0 Å². The molecule has 0 amide bonds. The lowest BCUT2D eigenvalue weighted by atomic mass is 10.2. The van der Waals surface area contributed by atoms with Crippen molar-refractivity contribution in [3.05, 3.63) is 64.1 Å². The molecular formula is C15H14Br2O2. The molecule has 2 bridgehead atoms. The van der Waals surface area contributed by atoms with Crippen LogP contribution in [0, 0.1) is 0 Å². The van der Waals surface area contributed by atoms with E-state index in [-0.39, 0.29) is 5.01 Å². The van der Waals surface area contributed by atoms with Crippen molar-refractivity contribution in [3.63, 3.8) is 0 Å². The Hall–Kier alpha value is -0.840. The zero-order valence-corrected chi connectivity index (χ0v) is 13.6. The summed E-state index contributed by atoms with van der Waals surface area (Å²) in [4.78, 5) is 0. The number of methoxy groups -OCH3 is 1. The molecule has 0 radical (unpaired) electrons. The van der Waals surface area contributed by atoms with Gasteiger partial charge >= 0.3 is 0 Å². The molecule has 2 aliphatic heterocycles. The van der Waals surface area contributed by atoms with Gasteiger partial charge < -0.3 is 9.47 Å². The third kappa shape index (κ3) is 4.06. The summed E-state index contributed by atoms with van der Waals surface area (Å²) >= 11 is 6.78. The van der Waals surface area contributed by atoms with Crippen molar-refractivity contribution < 1.29 is 9.47 Å². The molecule has 2 aromatic rings. The first kappa shape index (κ1) is 14.6. The van der Waals surface area contributed by atoms with Crippen molar-refractivity contribution in [2.45, 2.75) is 11.6 Å². The quantitative estimate of drug-likeness (QED) is 0.672. The van der Waals surface area contributed by atoms with Gasteiger partial charge in [0.2, 0.25) is 0 Å². The van der Waals surface area contributed by atoms with Crippen LogP contribution < -0.4 is 4.74 Å². The van der Waals surface area contributed by atoms with Gasteiger partial charge in [0.1, 0.15) is 17.4 Å². The molecule has 2 heterocycles. The second kappa shape index (κ2) is 7.08. The Kier molecular flexibility index (Phi) is 5.43. The summed E-state index contributed by atoms with van der Waals surface area (Å²) in [5.41, 5.74) is 2.37. The Morgan fingerprint density at radius 2 is 1.89 bits per heavy atom. The van der Waals surface area contributed by atoms with E-state index in [0.29, 0.717) is 0 Å². The predicted octanol–water partition coefficient (Wildman–Crippen LogP) is 5.07. The Bertz CT molecular complexity index is 529. The summed E-state index contributed by atoms with van der Waals surface area (Å²) in [7, 11) is 1.67. The van der Waals surface area contributed by atoms with Crippen LogP contribution in [0.3, 0.4) is 0 Å². The normalized spacial score (nSPS) is 13.2. The van der Waals surface area contributed by atoms with Crippen molar-refractivity contribution >= 4 is 31.9 Å². The summed E-state index contributed by atoms with van der Waals surface area (Å²) in [5, 5.41) is 0.0219. The molecule has 1 unspecified atom stereocenters. The SMILES string of the molecule is Brc1cc2ccc1CO2.COC(Br)c1ccccc1. The largest absolute Gasteiger partial charge is 0.489 e. The van der Waals surface area contributed by atoms with E-state index in [2.05, 4.69) is 37.9 Å². The molecule has 0 aliphatic carbocycles. The van der Waals surface area contributed by atoms with E-state index in [1.165, 1.54) is 5.56 Å². The fourth-order valence-electron chi connectivity index (χ4n) is 1.64. The minimum Gasteiger partial charge on any atom is -0.489 e. The number of halogens is 2. The lowest BCUT2D eigenvalue weighted by Crippen LogP contribution is -2.02. The summed E-state index contributed by atoms with van der Waals surface area (Å²) < 4.78 is 11.4. The second-order valence-electron chi connectivity index (χ2n) is 4.00. The van der Waals surface area contributed by atoms with Gasteiger partial charge in [-0.2, -0.15) is 0 Å². The molecule has 1 atom stereocenters. The van der Waals surface area contributed by atoms with E-state index in [1.807, 2.05) is 42.5 Å². The van der Waals surface area contributed by atoms with E-state index in [1.54, 1.807) is 7.11 Å². The molecule has 0 saturated heterocycles. The highest BCUT2D eigenvalue weighted by Gasteiger charge is 2.08. The smallest absolute Gasteiger partial charge is 0.137 e. The molecule has 0 aromatic heterocycles. The van der Waals surface area contributed by atoms with Gasteiger partial charge in [0.15, 0.2) is 0 Å². The molecule has 0 spiro atoms. The van der Waals surface area contributed by atoms with Crippen LogP contribution in [0.1, 0.15) is 16.1 Å². The zero-order valence-electron chi connectivity index (χ0n) is 10.5. The standard InChI is InChI=1S/C8H9BrO.C7H5BrO/c1-10-8(9)7-5-3-2-4-6-7;8-7-3-6-2-1-5(7)4-9-6/h2-6,8H,1H3;1-3H,4H2. The van der Waals surface area contributed by atoms with Gasteiger partial charge in [-0.1, -0.05) is 68.3 Å². The monoisotopic (exact) mass is 384 g/mol. The van der Waals surface area contributed by atoms with Crippen molar-refractivity contribution in [1.29, 1.82) is 0 Å². The van der Waals surface area contributed by atoms with Gasteiger partial charge in [-0.3, -0.25) is 0 Å². The maximum absolute atomic E-state index is 5.23. The van der Waals surface area contributed by atoms with Crippen LogP contribution in [0.5, 0.6) is 5.75 Å². The number of benzene rings is 2. The van der Waals surface area contributed by atoms with Crippen LogP contribution in [0.15, 0.2) is 53.0 Å². The maximum Gasteiger partial charge on any atom is 0.137 e. The molecule has 4 heteroatoms. The van der Waals surface area contributed by atoms with Gasteiger partial charge in [0.05, 0.1) is 0 Å². The predicted molar refractivity (Wildman–Crippen MR) is 83.6 cm³/mol.